The maximum Gasteiger partial charge on any atom is 0.226 e. The van der Waals surface area contributed by atoms with Gasteiger partial charge in [0.15, 0.2) is 0 Å². The van der Waals surface area contributed by atoms with Crippen LogP contribution in [-0.4, -0.2) is 27.3 Å². The van der Waals surface area contributed by atoms with Crippen LogP contribution < -0.4 is 5.32 Å². The molecule has 0 aliphatic carbocycles. The number of hydrogen-bond donors (Lipinski definition) is 1. The number of ether oxygens (including phenoxy) is 1. The van der Waals surface area contributed by atoms with Crippen LogP contribution in [0.1, 0.15) is 29.3 Å². The van der Waals surface area contributed by atoms with Crippen LogP contribution in [0.15, 0.2) is 55.0 Å². The first-order chi connectivity index (χ1) is 13.6. The second kappa shape index (κ2) is 7.90. The van der Waals surface area contributed by atoms with Crippen LogP contribution in [0.4, 0.5) is 4.39 Å². The summed E-state index contributed by atoms with van der Waals surface area (Å²) >= 11 is 0. The fourth-order valence-corrected chi connectivity index (χ4v) is 3.44. The first-order valence-electron chi connectivity index (χ1n) is 9.23. The fraction of sp³-hybridized carbons (Fsp3) is 0.286. The number of carbonyl (C=O) groups excluding carboxylic acids is 1. The average molecular weight is 380 g/mol. The largest absolute Gasteiger partial charge is 0.373 e. The number of para-hydroxylation sites is 1. The molecule has 1 amide bonds. The minimum atomic E-state index is -0.398. The zero-order valence-corrected chi connectivity index (χ0v) is 15.5. The van der Waals surface area contributed by atoms with Crippen molar-refractivity contribution in [3.63, 3.8) is 0 Å². The Morgan fingerprint density at radius 3 is 3.00 bits per heavy atom. The molecule has 1 aliphatic heterocycles. The lowest BCUT2D eigenvalue weighted by atomic mass is 9.96. The van der Waals surface area contributed by atoms with E-state index in [1.54, 1.807) is 36.8 Å². The van der Waals surface area contributed by atoms with Crippen molar-refractivity contribution in [2.24, 2.45) is 5.92 Å². The molecule has 0 bridgehead atoms. The molecule has 6 nitrogen and oxygen atoms in total. The summed E-state index contributed by atoms with van der Waals surface area (Å²) in [5, 5.41) is 7.21. The summed E-state index contributed by atoms with van der Waals surface area (Å²) in [4.78, 5) is 17.0. The van der Waals surface area contributed by atoms with E-state index in [0.29, 0.717) is 25.3 Å². The average Bonchev–Trinajstić information content (AvgIpc) is 3.37. The van der Waals surface area contributed by atoms with Crippen molar-refractivity contribution in [2.75, 3.05) is 6.61 Å². The highest BCUT2D eigenvalue weighted by molar-refractivity contribution is 5.79. The number of aromatic nitrogens is 3. The number of hydrogen-bond acceptors (Lipinski definition) is 4. The van der Waals surface area contributed by atoms with Crippen molar-refractivity contribution in [1.82, 2.24) is 20.1 Å². The summed E-state index contributed by atoms with van der Waals surface area (Å²) in [6.07, 6.45) is 5.30. The maximum atomic E-state index is 14.0. The Morgan fingerprint density at radius 2 is 2.18 bits per heavy atom. The SMILES string of the molecule is Cc1cccnc1CNC(=O)[C@H]1CCO[C@@H]1c1cnn(-c2ccccc2F)c1. The third-order valence-corrected chi connectivity index (χ3v) is 5.01. The number of amides is 1. The number of aryl methyl sites for hydroxylation is 1. The number of nitrogens with zero attached hydrogens (tertiary/aromatic N) is 3. The lowest BCUT2D eigenvalue weighted by Gasteiger charge is -2.17. The first kappa shape index (κ1) is 18.3. The highest BCUT2D eigenvalue weighted by Gasteiger charge is 2.36. The van der Waals surface area contributed by atoms with Crippen LogP contribution in [-0.2, 0) is 16.1 Å². The summed E-state index contributed by atoms with van der Waals surface area (Å²) in [7, 11) is 0. The second-order valence-corrected chi connectivity index (χ2v) is 6.84. The Kier molecular flexibility index (Phi) is 5.16. The van der Waals surface area contributed by atoms with Gasteiger partial charge in [0.05, 0.1) is 30.5 Å². The zero-order chi connectivity index (χ0) is 19.5. The summed E-state index contributed by atoms with van der Waals surface area (Å²) in [6.45, 7) is 2.84. The van der Waals surface area contributed by atoms with Crippen LogP contribution in [0.3, 0.4) is 0 Å². The van der Waals surface area contributed by atoms with Gasteiger partial charge < -0.3 is 10.1 Å². The molecule has 1 aliphatic rings. The van der Waals surface area contributed by atoms with Gasteiger partial charge in [-0.15, -0.1) is 0 Å². The molecule has 1 aromatic carbocycles. The van der Waals surface area contributed by atoms with E-state index in [2.05, 4.69) is 15.4 Å². The van der Waals surface area contributed by atoms with E-state index in [9.17, 15) is 9.18 Å². The Hall–Kier alpha value is -3.06. The molecule has 2 atom stereocenters. The first-order valence-corrected chi connectivity index (χ1v) is 9.23. The molecule has 144 valence electrons. The van der Waals surface area contributed by atoms with Crippen LogP contribution in [0.5, 0.6) is 0 Å². The normalized spacial score (nSPS) is 18.9. The van der Waals surface area contributed by atoms with Gasteiger partial charge >= 0.3 is 0 Å². The number of pyridine rings is 1. The Balaban J connectivity index is 1.47. The highest BCUT2D eigenvalue weighted by Crippen LogP contribution is 2.35. The molecular formula is C21H21FN4O2. The van der Waals surface area contributed by atoms with Gasteiger partial charge in [-0.1, -0.05) is 18.2 Å². The fourth-order valence-electron chi connectivity index (χ4n) is 3.44. The third-order valence-electron chi connectivity index (χ3n) is 5.01. The van der Waals surface area contributed by atoms with Crippen LogP contribution in [0, 0.1) is 18.7 Å². The zero-order valence-electron chi connectivity index (χ0n) is 15.5. The van der Waals surface area contributed by atoms with Gasteiger partial charge in [0, 0.05) is 24.6 Å². The topological polar surface area (TPSA) is 69.0 Å². The molecule has 3 heterocycles. The standard InChI is InChI=1S/C21H21FN4O2/c1-14-5-4-9-23-18(14)12-24-21(27)16-8-10-28-20(16)15-11-25-26(13-15)19-7-3-2-6-17(19)22/h2-7,9,11,13,16,20H,8,10,12H2,1H3,(H,24,27)/t16-,20+/m0/s1. The predicted molar refractivity (Wildman–Crippen MR) is 101 cm³/mol. The molecule has 0 radical (unpaired) electrons. The van der Waals surface area contributed by atoms with E-state index in [4.69, 9.17) is 4.74 Å². The molecule has 7 heteroatoms. The number of carbonyl (C=O) groups is 1. The summed E-state index contributed by atoms with van der Waals surface area (Å²) in [6, 6.07) is 10.3. The molecule has 4 rings (SSSR count). The third kappa shape index (κ3) is 3.66. The quantitative estimate of drug-likeness (QED) is 0.738. The van der Waals surface area contributed by atoms with E-state index in [0.717, 1.165) is 16.8 Å². The number of rotatable bonds is 5. The van der Waals surface area contributed by atoms with E-state index in [1.807, 2.05) is 19.1 Å². The van der Waals surface area contributed by atoms with E-state index >= 15 is 0 Å². The van der Waals surface area contributed by atoms with Crippen molar-refractivity contribution < 1.29 is 13.9 Å². The van der Waals surface area contributed by atoms with Crippen LogP contribution >= 0.6 is 0 Å². The molecular weight excluding hydrogens is 359 g/mol. The Bertz CT molecular complexity index is 988. The Labute approximate surface area is 162 Å². The van der Waals surface area contributed by atoms with Gasteiger partial charge in [0.1, 0.15) is 11.5 Å². The molecule has 0 saturated carbocycles. The monoisotopic (exact) mass is 380 g/mol. The molecule has 0 spiro atoms. The predicted octanol–water partition coefficient (Wildman–Crippen LogP) is 3.11. The van der Waals surface area contributed by atoms with Gasteiger partial charge in [-0.2, -0.15) is 5.10 Å². The van der Waals surface area contributed by atoms with Gasteiger partial charge in [-0.05, 0) is 37.1 Å². The summed E-state index contributed by atoms with van der Waals surface area (Å²) in [5.74, 6) is -0.752. The second-order valence-electron chi connectivity index (χ2n) is 6.84. The van der Waals surface area contributed by atoms with Crippen molar-refractivity contribution in [1.29, 1.82) is 0 Å². The highest BCUT2D eigenvalue weighted by atomic mass is 19.1. The van der Waals surface area contributed by atoms with Gasteiger partial charge in [0.2, 0.25) is 5.91 Å². The van der Waals surface area contributed by atoms with Gasteiger partial charge in [-0.25, -0.2) is 9.07 Å². The van der Waals surface area contributed by atoms with Crippen molar-refractivity contribution in [3.05, 3.63) is 77.6 Å². The number of benzene rings is 1. The molecule has 1 fully saturated rings. The Morgan fingerprint density at radius 1 is 1.32 bits per heavy atom. The molecule has 2 aromatic heterocycles. The lowest BCUT2D eigenvalue weighted by Crippen LogP contribution is -2.32. The van der Waals surface area contributed by atoms with Crippen molar-refractivity contribution in [3.8, 4) is 5.69 Å². The van der Waals surface area contributed by atoms with Gasteiger partial charge in [-0.3, -0.25) is 9.78 Å². The van der Waals surface area contributed by atoms with E-state index in [-0.39, 0.29) is 17.6 Å². The molecule has 1 N–H and O–H groups in total. The number of nitrogens with one attached hydrogen (secondary N) is 1. The smallest absolute Gasteiger partial charge is 0.226 e. The van der Waals surface area contributed by atoms with Crippen molar-refractivity contribution >= 4 is 5.91 Å². The van der Waals surface area contributed by atoms with Gasteiger partial charge in [0.25, 0.3) is 0 Å². The molecule has 0 unspecified atom stereocenters. The molecule has 1 saturated heterocycles. The number of halogens is 1. The van der Waals surface area contributed by atoms with Crippen LogP contribution in [0.2, 0.25) is 0 Å². The maximum absolute atomic E-state index is 14.0. The molecule has 3 aromatic rings. The summed E-state index contributed by atoms with van der Waals surface area (Å²) in [5.41, 5.74) is 3.00. The minimum absolute atomic E-state index is 0.0776. The van der Waals surface area contributed by atoms with E-state index < -0.39 is 6.10 Å². The summed E-state index contributed by atoms with van der Waals surface area (Å²) < 4.78 is 21.3. The van der Waals surface area contributed by atoms with Crippen LogP contribution in [0.25, 0.3) is 5.69 Å². The molecule has 28 heavy (non-hydrogen) atoms. The van der Waals surface area contributed by atoms with Crippen molar-refractivity contribution in [2.45, 2.75) is 26.0 Å². The minimum Gasteiger partial charge on any atom is -0.373 e. The lowest BCUT2D eigenvalue weighted by molar-refractivity contribution is -0.127. The van der Waals surface area contributed by atoms with E-state index in [1.165, 1.54) is 10.7 Å².